The van der Waals surface area contributed by atoms with E-state index >= 15 is 0 Å². The number of hydrogen-bond donors (Lipinski definition) is 1. The van der Waals surface area contributed by atoms with Gasteiger partial charge in [-0.2, -0.15) is 0 Å². The molecule has 7 nitrogen and oxygen atoms in total. The van der Waals surface area contributed by atoms with E-state index in [0.29, 0.717) is 31.1 Å². The molecule has 1 fully saturated rings. The molecule has 1 aromatic rings. The van der Waals surface area contributed by atoms with Crippen LogP contribution in [-0.2, 0) is 4.79 Å². The molecule has 0 aliphatic carbocycles. The largest absolute Gasteiger partial charge is 0.361 e. The van der Waals surface area contributed by atoms with Gasteiger partial charge in [-0.15, -0.1) is 0 Å². The average Bonchev–Trinajstić information content (AvgIpc) is 2.93. The van der Waals surface area contributed by atoms with E-state index in [9.17, 15) is 9.59 Å². The maximum absolute atomic E-state index is 12.2. The van der Waals surface area contributed by atoms with Crippen molar-refractivity contribution in [3.63, 3.8) is 0 Å². The first kappa shape index (κ1) is 16.5. The Balaban J connectivity index is 1.71. The maximum atomic E-state index is 12.2. The minimum Gasteiger partial charge on any atom is -0.361 e. The standard InChI is InChI=1S/C15H24N4O3/c1-11(2)14(20)16-4-5-18-6-8-19(9-7-18)15(21)13-10-12(3)22-17-13/h10-11H,4-9H2,1-3H3,(H,16,20). The van der Waals surface area contributed by atoms with Gasteiger partial charge in [-0.05, 0) is 6.92 Å². The molecule has 1 saturated heterocycles. The number of nitrogens with zero attached hydrogens (tertiary/aromatic N) is 3. The molecule has 1 N–H and O–H groups in total. The molecule has 0 spiro atoms. The molecule has 0 unspecified atom stereocenters. The van der Waals surface area contributed by atoms with Crippen LogP contribution in [-0.4, -0.2) is 66.0 Å². The zero-order chi connectivity index (χ0) is 16.1. The number of hydrogen-bond acceptors (Lipinski definition) is 5. The van der Waals surface area contributed by atoms with E-state index < -0.39 is 0 Å². The fraction of sp³-hybridized carbons (Fsp3) is 0.667. The van der Waals surface area contributed by atoms with Crippen molar-refractivity contribution in [3.05, 3.63) is 17.5 Å². The lowest BCUT2D eigenvalue weighted by Gasteiger charge is -2.34. The van der Waals surface area contributed by atoms with Crippen molar-refractivity contribution in [2.75, 3.05) is 39.3 Å². The summed E-state index contributed by atoms with van der Waals surface area (Å²) in [6.07, 6.45) is 0. The molecule has 0 radical (unpaired) electrons. The van der Waals surface area contributed by atoms with Crippen molar-refractivity contribution in [2.24, 2.45) is 5.92 Å². The average molecular weight is 308 g/mol. The molecule has 1 aromatic heterocycles. The van der Waals surface area contributed by atoms with Gasteiger partial charge in [-0.1, -0.05) is 19.0 Å². The third-order valence-corrected chi connectivity index (χ3v) is 3.76. The SMILES string of the molecule is Cc1cc(C(=O)N2CCN(CCNC(=O)C(C)C)CC2)no1. The molecule has 0 aromatic carbocycles. The highest BCUT2D eigenvalue weighted by molar-refractivity contribution is 5.92. The van der Waals surface area contributed by atoms with Crippen LogP contribution < -0.4 is 5.32 Å². The van der Waals surface area contributed by atoms with Crippen molar-refractivity contribution >= 4 is 11.8 Å². The highest BCUT2D eigenvalue weighted by Gasteiger charge is 2.24. The van der Waals surface area contributed by atoms with E-state index in [1.165, 1.54) is 0 Å². The summed E-state index contributed by atoms with van der Waals surface area (Å²) in [6, 6.07) is 1.66. The van der Waals surface area contributed by atoms with Gasteiger partial charge in [0.1, 0.15) is 5.76 Å². The number of carbonyl (C=O) groups excluding carboxylic acids is 2. The number of piperazine rings is 1. The van der Waals surface area contributed by atoms with Crippen molar-refractivity contribution in [1.82, 2.24) is 20.3 Å². The predicted octanol–water partition coefficient (Wildman–Crippen LogP) is 0.513. The predicted molar refractivity (Wildman–Crippen MR) is 81.4 cm³/mol. The summed E-state index contributed by atoms with van der Waals surface area (Å²) in [4.78, 5) is 27.8. The second kappa shape index (κ2) is 7.40. The lowest BCUT2D eigenvalue weighted by Crippen LogP contribution is -2.50. The minimum absolute atomic E-state index is 0.0142. The first-order valence-corrected chi connectivity index (χ1v) is 7.70. The van der Waals surface area contributed by atoms with Crippen LogP contribution in [0.3, 0.4) is 0 Å². The normalized spacial score (nSPS) is 16.1. The van der Waals surface area contributed by atoms with Crippen LogP contribution in [0, 0.1) is 12.8 Å². The quantitative estimate of drug-likeness (QED) is 0.857. The minimum atomic E-state index is -0.0791. The Morgan fingerprint density at radius 2 is 2.00 bits per heavy atom. The molecule has 1 aliphatic rings. The number of amides is 2. The third kappa shape index (κ3) is 4.30. The Labute approximate surface area is 130 Å². The van der Waals surface area contributed by atoms with E-state index in [-0.39, 0.29) is 17.7 Å². The van der Waals surface area contributed by atoms with E-state index in [1.807, 2.05) is 13.8 Å². The topological polar surface area (TPSA) is 78.7 Å². The number of aromatic nitrogens is 1. The van der Waals surface area contributed by atoms with Gasteiger partial charge in [0.25, 0.3) is 5.91 Å². The van der Waals surface area contributed by atoms with Crippen molar-refractivity contribution in [3.8, 4) is 0 Å². The Morgan fingerprint density at radius 1 is 1.32 bits per heavy atom. The Hall–Kier alpha value is -1.89. The van der Waals surface area contributed by atoms with Crippen LogP contribution in [0.5, 0.6) is 0 Å². The molecule has 0 bridgehead atoms. The van der Waals surface area contributed by atoms with Crippen LogP contribution in [0.1, 0.15) is 30.1 Å². The molecule has 2 heterocycles. The fourth-order valence-electron chi connectivity index (χ4n) is 2.35. The number of rotatable bonds is 5. The Morgan fingerprint density at radius 3 is 2.55 bits per heavy atom. The molecule has 2 rings (SSSR count). The van der Waals surface area contributed by atoms with Gasteiger partial charge in [-0.25, -0.2) is 0 Å². The van der Waals surface area contributed by atoms with Gasteiger partial charge in [0.2, 0.25) is 5.91 Å². The van der Waals surface area contributed by atoms with Gasteiger partial charge < -0.3 is 14.7 Å². The van der Waals surface area contributed by atoms with Gasteiger partial charge >= 0.3 is 0 Å². The summed E-state index contributed by atoms with van der Waals surface area (Å²) in [5.41, 5.74) is 0.371. The van der Waals surface area contributed by atoms with Crippen molar-refractivity contribution in [2.45, 2.75) is 20.8 Å². The fourth-order valence-corrected chi connectivity index (χ4v) is 2.35. The molecule has 0 saturated carbocycles. The maximum Gasteiger partial charge on any atom is 0.276 e. The van der Waals surface area contributed by atoms with Gasteiger partial charge in [0, 0.05) is 51.3 Å². The molecule has 2 amide bonds. The van der Waals surface area contributed by atoms with Gasteiger partial charge in [0.05, 0.1) is 0 Å². The van der Waals surface area contributed by atoms with E-state index in [1.54, 1.807) is 17.9 Å². The molecule has 22 heavy (non-hydrogen) atoms. The van der Waals surface area contributed by atoms with E-state index in [4.69, 9.17) is 4.52 Å². The summed E-state index contributed by atoms with van der Waals surface area (Å²) in [6.45, 7) is 9.94. The monoisotopic (exact) mass is 308 g/mol. The Bertz CT molecular complexity index is 519. The van der Waals surface area contributed by atoms with Crippen LogP contribution in [0.2, 0.25) is 0 Å². The zero-order valence-corrected chi connectivity index (χ0v) is 13.5. The second-order valence-electron chi connectivity index (χ2n) is 5.90. The summed E-state index contributed by atoms with van der Waals surface area (Å²) >= 11 is 0. The van der Waals surface area contributed by atoms with Crippen LogP contribution in [0.4, 0.5) is 0 Å². The van der Waals surface area contributed by atoms with E-state index in [0.717, 1.165) is 19.6 Å². The summed E-state index contributed by atoms with van der Waals surface area (Å²) in [5.74, 6) is 0.656. The summed E-state index contributed by atoms with van der Waals surface area (Å²) in [7, 11) is 0. The zero-order valence-electron chi connectivity index (χ0n) is 13.5. The molecule has 122 valence electrons. The smallest absolute Gasteiger partial charge is 0.276 e. The third-order valence-electron chi connectivity index (χ3n) is 3.76. The molecule has 0 atom stereocenters. The molecule has 1 aliphatic heterocycles. The van der Waals surface area contributed by atoms with E-state index in [2.05, 4.69) is 15.4 Å². The number of carbonyl (C=O) groups is 2. The van der Waals surface area contributed by atoms with Crippen LogP contribution >= 0.6 is 0 Å². The lowest BCUT2D eigenvalue weighted by molar-refractivity contribution is -0.124. The highest BCUT2D eigenvalue weighted by atomic mass is 16.5. The first-order chi connectivity index (χ1) is 10.5. The van der Waals surface area contributed by atoms with Gasteiger partial charge in [-0.3, -0.25) is 14.5 Å². The van der Waals surface area contributed by atoms with Crippen LogP contribution in [0.25, 0.3) is 0 Å². The summed E-state index contributed by atoms with van der Waals surface area (Å²) < 4.78 is 4.94. The molecular weight excluding hydrogens is 284 g/mol. The first-order valence-electron chi connectivity index (χ1n) is 7.70. The van der Waals surface area contributed by atoms with Gasteiger partial charge in [0.15, 0.2) is 5.69 Å². The van der Waals surface area contributed by atoms with Crippen molar-refractivity contribution in [1.29, 1.82) is 0 Å². The highest BCUT2D eigenvalue weighted by Crippen LogP contribution is 2.09. The molecule has 7 heteroatoms. The van der Waals surface area contributed by atoms with Crippen molar-refractivity contribution < 1.29 is 14.1 Å². The summed E-state index contributed by atoms with van der Waals surface area (Å²) in [5, 5.41) is 6.68. The number of nitrogens with one attached hydrogen (secondary N) is 1. The molecular formula is C15H24N4O3. The Kier molecular flexibility index (Phi) is 5.54. The second-order valence-corrected chi connectivity index (χ2v) is 5.90. The van der Waals surface area contributed by atoms with Crippen LogP contribution in [0.15, 0.2) is 10.6 Å². The lowest BCUT2D eigenvalue weighted by atomic mass is 10.2. The number of aryl methyl sites for hydroxylation is 1.